The molecule has 0 amide bonds. The Labute approximate surface area is 175 Å². The van der Waals surface area contributed by atoms with E-state index in [0.29, 0.717) is 51.8 Å². The summed E-state index contributed by atoms with van der Waals surface area (Å²) in [5.41, 5.74) is 1.27. The van der Waals surface area contributed by atoms with E-state index in [4.69, 9.17) is 20.8 Å². The normalized spacial score (nSPS) is 11.2. The summed E-state index contributed by atoms with van der Waals surface area (Å²) < 4.78 is 12.5. The number of nitrogens with zero attached hydrogens (tertiary/aromatic N) is 4. The Kier molecular flexibility index (Phi) is 5.94. The molecular formula is C20H17ClN4O3S. The van der Waals surface area contributed by atoms with Crippen molar-refractivity contribution in [1.82, 2.24) is 19.7 Å². The molecule has 0 aliphatic rings. The number of fused-ring (bicyclic) bond motifs is 1. The van der Waals surface area contributed by atoms with Crippen LogP contribution in [0.4, 0.5) is 0 Å². The lowest BCUT2D eigenvalue weighted by atomic mass is 10.2. The minimum absolute atomic E-state index is 0.137. The molecule has 0 atom stereocenters. The van der Waals surface area contributed by atoms with Gasteiger partial charge in [0.15, 0.2) is 5.16 Å². The molecule has 0 N–H and O–H groups in total. The minimum Gasteiger partial charge on any atom is -0.420 e. The predicted molar refractivity (Wildman–Crippen MR) is 112 cm³/mol. The number of aromatic nitrogens is 4. The van der Waals surface area contributed by atoms with Crippen LogP contribution in [0, 0.1) is 0 Å². The molecule has 0 radical (unpaired) electrons. The van der Waals surface area contributed by atoms with Crippen molar-refractivity contribution in [1.29, 1.82) is 0 Å². The summed E-state index contributed by atoms with van der Waals surface area (Å²) >= 11 is 7.42. The van der Waals surface area contributed by atoms with Gasteiger partial charge in [-0.3, -0.25) is 9.36 Å². The van der Waals surface area contributed by atoms with Crippen molar-refractivity contribution in [3.8, 4) is 11.5 Å². The lowest BCUT2D eigenvalue weighted by Gasteiger charge is -2.12. The first-order valence-corrected chi connectivity index (χ1v) is 10.2. The minimum atomic E-state index is -0.137. The van der Waals surface area contributed by atoms with E-state index in [1.165, 1.54) is 11.8 Å². The topological polar surface area (TPSA) is 83.0 Å². The highest BCUT2D eigenvalue weighted by Gasteiger charge is 2.14. The zero-order valence-corrected chi connectivity index (χ0v) is 17.1. The van der Waals surface area contributed by atoms with Crippen molar-refractivity contribution >= 4 is 34.3 Å². The lowest BCUT2D eigenvalue weighted by molar-refractivity contribution is 0.183. The van der Waals surface area contributed by atoms with Gasteiger partial charge in [-0.2, -0.15) is 0 Å². The van der Waals surface area contributed by atoms with Gasteiger partial charge in [-0.25, -0.2) is 4.98 Å². The van der Waals surface area contributed by atoms with Crippen LogP contribution in [-0.4, -0.2) is 33.5 Å². The van der Waals surface area contributed by atoms with Gasteiger partial charge < -0.3 is 9.15 Å². The van der Waals surface area contributed by atoms with Gasteiger partial charge in [0, 0.05) is 17.7 Å². The van der Waals surface area contributed by atoms with E-state index in [1.807, 2.05) is 30.3 Å². The van der Waals surface area contributed by atoms with Gasteiger partial charge in [0.1, 0.15) is 0 Å². The van der Waals surface area contributed by atoms with Crippen LogP contribution in [0.3, 0.4) is 0 Å². The van der Waals surface area contributed by atoms with E-state index in [0.717, 1.165) is 5.56 Å². The number of benzene rings is 2. The molecule has 0 aliphatic carbocycles. The molecule has 0 bridgehead atoms. The quantitative estimate of drug-likeness (QED) is 0.324. The van der Waals surface area contributed by atoms with Crippen LogP contribution in [-0.2, 0) is 17.0 Å². The smallest absolute Gasteiger partial charge is 0.262 e. The molecule has 7 nitrogen and oxygen atoms in total. The van der Waals surface area contributed by atoms with Crippen LogP contribution in [0.25, 0.3) is 22.4 Å². The van der Waals surface area contributed by atoms with Crippen molar-refractivity contribution in [2.75, 3.05) is 13.7 Å². The molecule has 2 aromatic heterocycles. The average molecular weight is 429 g/mol. The van der Waals surface area contributed by atoms with Crippen molar-refractivity contribution in [2.24, 2.45) is 0 Å². The summed E-state index contributed by atoms with van der Waals surface area (Å²) in [5.74, 6) is 1.29. The van der Waals surface area contributed by atoms with E-state index in [1.54, 1.807) is 29.9 Å². The first-order valence-electron chi connectivity index (χ1n) is 8.85. The third-order valence-corrected chi connectivity index (χ3v) is 5.41. The van der Waals surface area contributed by atoms with E-state index in [2.05, 4.69) is 15.2 Å². The Balaban J connectivity index is 1.63. The van der Waals surface area contributed by atoms with Crippen LogP contribution < -0.4 is 5.56 Å². The van der Waals surface area contributed by atoms with Crippen molar-refractivity contribution in [2.45, 2.75) is 17.5 Å². The maximum atomic E-state index is 12.9. The van der Waals surface area contributed by atoms with Crippen molar-refractivity contribution in [3.05, 3.63) is 69.8 Å². The van der Waals surface area contributed by atoms with E-state index in [-0.39, 0.29) is 5.56 Å². The van der Waals surface area contributed by atoms with Crippen LogP contribution in [0.15, 0.2) is 62.9 Å². The summed E-state index contributed by atoms with van der Waals surface area (Å²) in [5, 5.41) is 9.78. The number of ether oxygens (including phenoxy) is 1. The lowest BCUT2D eigenvalue weighted by Crippen LogP contribution is -2.25. The second-order valence-electron chi connectivity index (χ2n) is 6.16. The van der Waals surface area contributed by atoms with E-state index in [9.17, 15) is 4.79 Å². The van der Waals surface area contributed by atoms with Crippen LogP contribution in [0.1, 0.15) is 5.89 Å². The monoisotopic (exact) mass is 428 g/mol. The fourth-order valence-corrected chi connectivity index (χ4v) is 3.83. The van der Waals surface area contributed by atoms with E-state index >= 15 is 0 Å². The molecule has 4 rings (SSSR count). The van der Waals surface area contributed by atoms with E-state index < -0.39 is 0 Å². The Morgan fingerprint density at radius 2 is 2.00 bits per heavy atom. The molecule has 4 aromatic rings. The zero-order valence-electron chi connectivity index (χ0n) is 15.5. The fraction of sp³-hybridized carbons (Fsp3) is 0.200. The second kappa shape index (κ2) is 8.77. The van der Waals surface area contributed by atoms with Gasteiger partial charge in [0.25, 0.3) is 5.56 Å². The first kappa shape index (κ1) is 19.6. The number of thioether (sulfide) groups is 1. The molecule has 0 saturated carbocycles. The fourth-order valence-electron chi connectivity index (χ4n) is 2.80. The number of hydrogen-bond donors (Lipinski definition) is 0. The molecule has 29 heavy (non-hydrogen) atoms. The van der Waals surface area contributed by atoms with Crippen LogP contribution in [0.2, 0.25) is 5.02 Å². The summed E-state index contributed by atoms with van der Waals surface area (Å²) in [4.78, 5) is 17.6. The van der Waals surface area contributed by atoms with Gasteiger partial charge in [0.2, 0.25) is 11.8 Å². The molecule has 148 valence electrons. The highest BCUT2D eigenvalue weighted by molar-refractivity contribution is 7.98. The van der Waals surface area contributed by atoms with Crippen LogP contribution >= 0.6 is 23.4 Å². The Morgan fingerprint density at radius 1 is 1.17 bits per heavy atom. The number of halogens is 1. The Hall–Kier alpha value is -2.68. The van der Waals surface area contributed by atoms with Crippen LogP contribution in [0.5, 0.6) is 0 Å². The maximum Gasteiger partial charge on any atom is 0.262 e. The van der Waals surface area contributed by atoms with Gasteiger partial charge >= 0.3 is 0 Å². The molecule has 0 aliphatic heterocycles. The molecular weight excluding hydrogens is 412 g/mol. The molecule has 2 aromatic carbocycles. The second-order valence-corrected chi connectivity index (χ2v) is 7.54. The number of rotatable bonds is 7. The average Bonchev–Trinajstić information content (AvgIpc) is 3.21. The Bertz CT molecular complexity index is 1190. The van der Waals surface area contributed by atoms with Gasteiger partial charge in [-0.05, 0) is 30.3 Å². The Morgan fingerprint density at radius 3 is 2.79 bits per heavy atom. The van der Waals surface area contributed by atoms with Gasteiger partial charge in [-0.15, -0.1) is 10.2 Å². The number of hydrogen-bond acceptors (Lipinski definition) is 7. The summed E-state index contributed by atoms with van der Waals surface area (Å²) in [6.07, 6.45) is 0. The molecule has 2 heterocycles. The summed E-state index contributed by atoms with van der Waals surface area (Å²) in [6.45, 7) is 0.787. The SMILES string of the molecule is COCCn1c(SCc2nnc(-c3ccccc3)o2)nc2cc(Cl)ccc2c1=O. The maximum absolute atomic E-state index is 12.9. The molecule has 0 spiro atoms. The largest absolute Gasteiger partial charge is 0.420 e. The summed E-state index contributed by atoms with van der Waals surface area (Å²) in [6, 6.07) is 14.6. The first-order chi connectivity index (χ1) is 14.2. The third kappa shape index (κ3) is 4.34. The standard InChI is InChI=1S/C20H17ClN4O3S/c1-27-10-9-25-19(26)15-8-7-14(21)11-16(15)22-20(25)29-12-17-23-24-18(28-17)13-5-3-2-4-6-13/h2-8,11H,9-10,12H2,1H3. The number of methoxy groups -OCH3 is 1. The third-order valence-electron chi connectivity index (χ3n) is 4.21. The molecule has 9 heteroatoms. The molecule has 0 saturated heterocycles. The molecule has 0 fully saturated rings. The van der Waals surface area contributed by atoms with Gasteiger partial charge in [-0.1, -0.05) is 41.6 Å². The zero-order chi connectivity index (χ0) is 20.2. The summed E-state index contributed by atoms with van der Waals surface area (Å²) in [7, 11) is 1.59. The predicted octanol–water partition coefficient (Wildman–Crippen LogP) is 4.04. The highest BCUT2D eigenvalue weighted by atomic mass is 35.5. The van der Waals surface area contributed by atoms with Crippen molar-refractivity contribution in [3.63, 3.8) is 0 Å². The van der Waals surface area contributed by atoms with Crippen molar-refractivity contribution < 1.29 is 9.15 Å². The van der Waals surface area contributed by atoms with Gasteiger partial charge in [0.05, 0.1) is 29.8 Å². The molecule has 0 unspecified atom stereocenters. The highest BCUT2D eigenvalue weighted by Crippen LogP contribution is 2.25.